The second kappa shape index (κ2) is 5.34. The molecule has 2 aromatic carbocycles. The number of benzene rings is 2. The molecule has 3 heteroatoms. The summed E-state index contributed by atoms with van der Waals surface area (Å²) in [6, 6.07) is 19.7. The van der Waals surface area contributed by atoms with Crippen LogP contribution in [0.5, 0.6) is 0 Å². The van der Waals surface area contributed by atoms with Gasteiger partial charge in [0.05, 0.1) is 0 Å². The van der Waals surface area contributed by atoms with E-state index in [-0.39, 0.29) is 12.2 Å². The fourth-order valence-electron chi connectivity index (χ4n) is 2.32. The van der Waals surface area contributed by atoms with Crippen molar-refractivity contribution in [2.45, 2.75) is 18.5 Å². The molecule has 0 radical (unpaired) electrons. The summed E-state index contributed by atoms with van der Waals surface area (Å²) >= 11 is 0. The Morgan fingerprint density at radius 2 is 1.16 bits per heavy atom. The van der Waals surface area contributed by atoms with Crippen LogP contribution in [0.1, 0.15) is 23.3 Å². The third-order valence-electron chi connectivity index (χ3n) is 3.20. The standard InChI is InChI=1S/C16H14O3/c17-11-14-18-15(12-7-3-1-4-8-12)16(19-14)13-9-5-2-6-10-13/h1-11,14-16H. The topological polar surface area (TPSA) is 35.5 Å². The molecule has 1 aliphatic heterocycles. The smallest absolute Gasteiger partial charge is 0.216 e. The Balaban J connectivity index is 1.94. The maximum atomic E-state index is 10.9. The maximum Gasteiger partial charge on any atom is 0.216 e. The van der Waals surface area contributed by atoms with E-state index in [9.17, 15) is 4.79 Å². The largest absolute Gasteiger partial charge is 0.335 e. The van der Waals surface area contributed by atoms with E-state index in [1.807, 2.05) is 60.7 Å². The lowest BCUT2D eigenvalue weighted by Crippen LogP contribution is -2.08. The molecule has 1 aliphatic rings. The molecule has 2 atom stereocenters. The molecule has 0 saturated carbocycles. The van der Waals surface area contributed by atoms with Crippen molar-refractivity contribution >= 4 is 6.29 Å². The zero-order valence-corrected chi connectivity index (χ0v) is 10.3. The SMILES string of the molecule is O=CC1OC(c2ccccc2)C(c2ccccc2)O1. The molecule has 3 rings (SSSR count). The Bertz CT molecular complexity index is 491. The first-order valence-corrected chi connectivity index (χ1v) is 6.24. The van der Waals surface area contributed by atoms with Crippen molar-refractivity contribution in [3.8, 4) is 0 Å². The van der Waals surface area contributed by atoms with Crippen LogP contribution in [0, 0.1) is 0 Å². The highest BCUT2D eigenvalue weighted by Gasteiger charge is 2.37. The quantitative estimate of drug-likeness (QED) is 0.790. The molecule has 3 nitrogen and oxygen atoms in total. The number of carbonyl (C=O) groups excluding carboxylic acids is 1. The average Bonchev–Trinajstić information content (AvgIpc) is 2.93. The van der Waals surface area contributed by atoms with Gasteiger partial charge in [0.2, 0.25) is 6.29 Å². The minimum atomic E-state index is -0.796. The summed E-state index contributed by atoms with van der Waals surface area (Å²) in [6.07, 6.45) is -0.605. The van der Waals surface area contributed by atoms with Gasteiger partial charge in [-0.2, -0.15) is 0 Å². The van der Waals surface area contributed by atoms with Crippen molar-refractivity contribution < 1.29 is 14.3 Å². The monoisotopic (exact) mass is 254 g/mol. The first-order chi connectivity index (χ1) is 9.38. The van der Waals surface area contributed by atoms with Crippen LogP contribution in [0.3, 0.4) is 0 Å². The van der Waals surface area contributed by atoms with Crippen molar-refractivity contribution in [2.75, 3.05) is 0 Å². The summed E-state index contributed by atoms with van der Waals surface area (Å²) in [5.41, 5.74) is 2.03. The summed E-state index contributed by atoms with van der Waals surface area (Å²) < 4.78 is 11.3. The number of rotatable bonds is 3. The lowest BCUT2D eigenvalue weighted by atomic mass is 9.99. The van der Waals surface area contributed by atoms with Crippen molar-refractivity contribution in [3.63, 3.8) is 0 Å². The van der Waals surface area contributed by atoms with E-state index >= 15 is 0 Å². The van der Waals surface area contributed by atoms with Crippen molar-refractivity contribution in [3.05, 3.63) is 71.8 Å². The summed E-state index contributed by atoms with van der Waals surface area (Å²) in [5, 5.41) is 0. The summed E-state index contributed by atoms with van der Waals surface area (Å²) in [7, 11) is 0. The molecule has 2 unspecified atom stereocenters. The first kappa shape index (κ1) is 12.1. The van der Waals surface area contributed by atoms with E-state index < -0.39 is 6.29 Å². The highest BCUT2D eigenvalue weighted by molar-refractivity contribution is 5.54. The van der Waals surface area contributed by atoms with E-state index in [1.54, 1.807) is 0 Å². The van der Waals surface area contributed by atoms with E-state index in [1.165, 1.54) is 0 Å². The molecular weight excluding hydrogens is 240 g/mol. The van der Waals surface area contributed by atoms with E-state index in [0.717, 1.165) is 11.1 Å². The van der Waals surface area contributed by atoms with Gasteiger partial charge in [-0.1, -0.05) is 60.7 Å². The minimum Gasteiger partial charge on any atom is -0.335 e. The number of hydrogen-bond donors (Lipinski definition) is 0. The van der Waals surface area contributed by atoms with Crippen molar-refractivity contribution in [1.82, 2.24) is 0 Å². The van der Waals surface area contributed by atoms with Crippen LogP contribution >= 0.6 is 0 Å². The molecule has 1 saturated heterocycles. The van der Waals surface area contributed by atoms with Crippen molar-refractivity contribution in [2.24, 2.45) is 0 Å². The third-order valence-corrected chi connectivity index (χ3v) is 3.20. The second-order valence-electron chi connectivity index (χ2n) is 4.44. The predicted octanol–water partition coefficient (Wildman–Crippen LogP) is 3.04. The number of ether oxygens (including phenoxy) is 2. The first-order valence-electron chi connectivity index (χ1n) is 6.24. The molecule has 96 valence electrons. The van der Waals surface area contributed by atoms with Gasteiger partial charge in [0.25, 0.3) is 0 Å². The zero-order chi connectivity index (χ0) is 13.1. The molecule has 0 aliphatic carbocycles. The molecule has 0 bridgehead atoms. The fraction of sp³-hybridized carbons (Fsp3) is 0.188. The van der Waals surface area contributed by atoms with Gasteiger partial charge in [-0.25, -0.2) is 0 Å². The Morgan fingerprint density at radius 3 is 1.53 bits per heavy atom. The van der Waals surface area contributed by atoms with Gasteiger partial charge in [0.1, 0.15) is 12.2 Å². The molecule has 1 heterocycles. The van der Waals surface area contributed by atoms with Gasteiger partial charge in [0.15, 0.2) is 6.29 Å². The Kier molecular flexibility index (Phi) is 3.40. The van der Waals surface area contributed by atoms with Gasteiger partial charge in [0, 0.05) is 0 Å². The molecule has 0 spiro atoms. The van der Waals surface area contributed by atoms with Crippen molar-refractivity contribution in [1.29, 1.82) is 0 Å². The van der Waals surface area contributed by atoms with Crippen LogP contribution in [-0.4, -0.2) is 12.6 Å². The predicted molar refractivity (Wildman–Crippen MR) is 70.4 cm³/mol. The summed E-state index contributed by atoms with van der Waals surface area (Å²) in [6.45, 7) is 0. The zero-order valence-electron chi connectivity index (χ0n) is 10.3. The fourth-order valence-corrected chi connectivity index (χ4v) is 2.32. The maximum absolute atomic E-state index is 10.9. The van der Waals surface area contributed by atoms with Gasteiger partial charge in [-0.05, 0) is 11.1 Å². The number of carbonyl (C=O) groups is 1. The lowest BCUT2D eigenvalue weighted by molar-refractivity contribution is -0.134. The molecule has 2 aromatic rings. The summed E-state index contributed by atoms with van der Waals surface area (Å²) in [5.74, 6) is 0. The Labute approximate surface area is 111 Å². The van der Waals surface area contributed by atoms with Gasteiger partial charge in [-0.3, -0.25) is 4.79 Å². The van der Waals surface area contributed by atoms with E-state index in [2.05, 4.69) is 0 Å². The van der Waals surface area contributed by atoms with Crippen LogP contribution in [-0.2, 0) is 14.3 Å². The van der Waals surface area contributed by atoms with Crippen LogP contribution in [0.2, 0.25) is 0 Å². The van der Waals surface area contributed by atoms with Gasteiger partial charge >= 0.3 is 0 Å². The number of aldehydes is 1. The Morgan fingerprint density at radius 1 is 0.737 bits per heavy atom. The normalized spacial score (nSPS) is 26.2. The number of hydrogen-bond acceptors (Lipinski definition) is 3. The van der Waals surface area contributed by atoms with E-state index in [0.29, 0.717) is 6.29 Å². The van der Waals surface area contributed by atoms with Crippen LogP contribution in [0.25, 0.3) is 0 Å². The van der Waals surface area contributed by atoms with Gasteiger partial charge in [-0.15, -0.1) is 0 Å². The summed E-state index contributed by atoms with van der Waals surface area (Å²) in [4.78, 5) is 10.9. The second-order valence-corrected chi connectivity index (χ2v) is 4.44. The highest BCUT2D eigenvalue weighted by Crippen LogP contribution is 2.41. The molecule has 0 amide bonds. The van der Waals surface area contributed by atoms with Crippen LogP contribution < -0.4 is 0 Å². The lowest BCUT2D eigenvalue weighted by Gasteiger charge is -2.17. The average molecular weight is 254 g/mol. The van der Waals surface area contributed by atoms with Gasteiger partial charge < -0.3 is 9.47 Å². The highest BCUT2D eigenvalue weighted by atomic mass is 16.7. The molecule has 0 N–H and O–H groups in total. The molecule has 19 heavy (non-hydrogen) atoms. The van der Waals surface area contributed by atoms with Crippen LogP contribution in [0.4, 0.5) is 0 Å². The Hall–Kier alpha value is -1.97. The minimum absolute atomic E-state index is 0.251. The molecular formula is C16H14O3. The molecule has 1 fully saturated rings. The third kappa shape index (κ3) is 2.43. The van der Waals surface area contributed by atoms with E-state index in [4.69, 9.17) is 9.47 Å². The molecule has 0 aromatic heterocycles. The van der Waals surface area contributed by atoms with Crippen LogP contribution in [0.15, 0.2) is 60.7 Å².